The first kappa shape index (κ1) is 9.55. The summed E-state index contributed by atoms with van der Waals surface area (Å²) >= 11 is 8.71. The van der Waals surface area contributed by atoms with Gasteiger partial charge in [-0.15, -0.1) is 11.6 Å². The van der Waals surface area contributed by atoms with Gasteiger partial charge in [0, 0.05) is 10.4 Å². The highest BCUT2D eigenvalue weighted by atomic mass is 79.9. The van der Waals surface area contributed by atoms with Crippen LogP contribution >= 0.6 is 27.5 Å². The number of rotatable bonds is 2. The average molecular weight is 249 g/mol. The molecule has 0 aromatic heterocycles. The molecular weight excluding hydrogens is 243 g/mol. The molecule has 0 atom stereocenters. The van der Waals surface area contributed by atoms with E-state index in [0.29, 0.717) is 10.0 Å². The van der Waals surface area contributed by atoms with E-state index in [4.69, 9.17) is 16.7 Å². The van der Waals surface area contributed by atoms with Crippen LogP contribution < -0.4 is 0 Å². The standard InChI is InChI=1S/C8H6BrClO2/c9-6-3-1-2-5(4-10)7(6)8(11)12/h1-3H,4H2,(H,11,12). The number of carboxylic acids is 1. The zero-order valence-electron chi connectivity index (χ0n) is 6.05. The molecule has 0 amide bonds. The van der Waals surface area contributed by atoms with E-state index in [1.54, 1.807) is 18.2 Å². The van der Waals surface area contributed by atoms with Crippen LogP contribution in [0.5, 0.6) is 0 Å². The number of carboxylic acid groups (broad SMARTS) is 1. The highest BCUT2D eigenvalue weighted by molar-refractivity contribution is 9.10. The summed E-state index contributed by atoms with van der Waals surface area (Å²) in [6.07, 6.45) is 0. The predicted molar refractivity (Wildman–Crippen MR) is 50.7 cm³/mol. The highest BCUT2D eigenvalue weighted by Crippen LogP contribution is 2.21. The SMILES string of the molecule is O=C(O)c1c(Br)cccc1CCl. The quantitative estimate of drug-likeness (QED) is 0.818. The van der Waals surface area contributed by atoms with Gasteiger partial charge in [0.1, 0.15) is 0 Å². The largest absolute Gasteiger partial charge is 0.478 e. The Morgan fingerprint density at radius 1 is 1.58 bits per heavy atom. The maximum atomic E-state index is 10.7. The van der Waals surface area contributed by atoms with Crippen molar-refractivity contribution in [3.63, 3.8) is 0 Å². The summed E-state index contributed by atoms with van der Waals surface area (Å²) in [5, 5.41) is 8.79. The molecule has 0 fully saturated rings. The number of hydrogen-bond donors (Lipinski definition) is 1. The average Bonchev–Trinajstić information content (AvgIpc) is 2.03. The summed E-state index contributed by atoms with van der Waals surface area (Å²) in [5.74, 6) is -0.751. The molecule has 4 heteroatoms. The number of aromatic carboxylic acids is 1. The summed E-state index contributed by atoms with van der Waals surface area (Å²) in [7, 11) is 0. The van der Waals surface area contributed by atoms with Crippen LogP contribution in [0.3, 0.4) is 0 Å². The zero-order chi connectivity index (χ0) is 9.14. The van der Waals surface area contributed by atoms with Crippen molar-refractivity contribution in [2.24, 2.45) is 0 Å². The molecule has 12 heavy (non-hydrogen) atoms. The van der Waals surface area contributed by atoms with E-state index in [1.165, 1.54) is 0 Å². The van der Waals surface area contributed by atoms with Crippen molar-refractivity contribution in [1.29, 1.82) is 0 Å². The molecule has 0 saturated carbocycles. The van der Waals surface area contributed by atoms with Crippen molar-refractivity contribution in [3.05, 3.63) is 33.8 Å². The van der Waals surface area contributed by atoms with Crippen molar-refractivity contribution in [3.8, 4) is 0 Å². The van der Waals surface area contributed by atoms with Gasteiger partial charge in [-0.25, -0.2) is 4.79 Å². The molecule has 0 aliphatic rings. The highest BCUT2D eigenvalue weighted by Gasteiger charge is 2.12. The molecule has 1 aromatic rings. The Morgan fingerprint density at radius 2 is 2.25 bits per heavy atom. The Kier molecular flexibility index (Phi) is 3.12. The molecular formula is C8H6BrClO2. The van der Waals surface area contributed by atoms with Crippen molar-refractivity contribution in [1.82, 2.24) is 0 Å². The summed E-state index contributed by atoms with van der Waals surface area (Å²) in [4.78, 5) is 10.7. The van der Waals surface area contributed by atoms with Gasteiger partial charge in [0.15, 0.2) is 0 Å². The van der Waals surface area contributed by atoms with Crippen molar-refractivity contribution in [2.45, 2.75) is 5.88 Å². The van der Waals surface area contributed by atoms with Crippen LogP contribution in [0.25, 0.3) is 0 Å². The molecule has 0 aliphatic carbocycles. The van der Waals surface area contributed by atoms with E-state index in [2.05, 4.69) is 15.9 Å². The summed E-state index contributed by atoms with van der Waals surface area (Å²) < 4.78 is 0.563. The second-order valence-corrected chi connectivity index (χ2v) is 3.33. The first-order valence-electron chi connectivity index (χ1n) is 3.23. The minimum atomic E-state index is -0.960. The van der Waals surface area contributed by atoms with Gasteiger partial charge < -0.3 is 5.11 Å². The molecule has 0 saturated heterocycles. The van der Waals surface area contributed by atoms with E-state index in [-0.39, 0.29) is 11.4 Å². The Labute approximate surface area is 83.3 Å². The molecule has 2 nitrogen and oxygen atoms in total. The lowest BCUT2D eigenvalue weighted by atomic mass is 10.1. The van der Waals surface area contributed by atoms with Crippen molar-refractivity contribution in [2.75, 3.05) is 0 Å². The normalized spacial score (nSPS) is 9.83. The van der Waals surface area contributed by atoms with E-state index in [1.807, 2.05) is 0 Å². The molecule has 0 bridgehead atoms. The molecule has 64 valence electrons. The summed E-state index contributed by atoms with van der Waals surface area (Å²) in [5.41, 5.74) is 0.867. The van der Waals surface area contributed by atoms with Crippen molar-refractivity contribution >= 4 is 33.5 Å². The number of benzene rings is 1. The fraction of sp³-hybridized carbons (Fsp3) is 0.125. The molecule has 1 N–H and O–H groups in total. The van der Waals surface area contributed by atoms with Crippen LogP contribution in [-0.4, -0.2) is 11.1 Å². The van der Waals surface area contributed by atoms with Crippen LogP contribution in [0.4, 0.5) is 0 Å². The van der Waals surface area contributed by atoms with E-state index in [9.17, 15) is 4.79 Å². The summed E-state index contributed by atoms with van der Waals surface area (Å²) in [6, 6.07) is 5.13. The third-order valence-corrected chi connectivity index (χ3v) is 2.41. The molecule has 0 spiro atoms. The fourth-order valence-corrected chi connectivity index (χ4v) is 1.72. The van der Waals surface area contributed by atoms with E-state index >= 15 is 0 Å². The molecule has 1 aromatic carbocycles. The monoisotopic (exact) mass is 248 g/mol. The Morgan fingerprint density at radius 3 is 2.67 bits per heavy atom. The van der Waals surface area contributed by atoms with Gasteiger partial charge in [0.25, 0.3) is 0 Å². The minimum absolute atomic E-state index is 0.209. The third kappa shape index (κ3) is 1.79. The van der Waals surface area contributed by atoms with Gasteiger partial charge in [-0.3, -0.25) is 0 Å². The van der Waals surface area contributed by atoms with Gasteiger partial charge in [-0.1, -0.05) is 12.1 Å². The topological polar surface area (TPSA) is 37.3 Å². The van der Waals surface area contributed by atoms with Gasteiger partial charge in [-0.05, 0) is 27.6 Å². The number of hydrogen-bond acceptors (Lipinski definition) is 1. The first-order valence-corrected chi connectivity index (χ1v) is 4.56. The van der Waals surface area contributed by atoms with Crippen LogP contribution in [0.1, 0.15) is 15.9 Å². The first-order chi connectivity index (χ1) is 5.66. The van der Waals surface area contributed by atoms with E-state index < -0.39 is 5.97 Å². The van der Waals surface area contributed by atoms with Gasteiger partial charge in [-0.2, -0.15) is 0 Å². The van der Waals surface area contributed by atoms with Gasteiger partial charge >= 0.3 is 5.97 Å². The number of carbonyl (C=O) groups is 1. The van der Waals surface area contributed by atoms with Gasteiger partial charge in [0.2, 0.25) is 0 Å². The smallest absolute Gasteiger partial charge is 0.337 e. The van der Waals surface area contributed by atoms with Crippen LogP contribution in [0.2, 0.25) is 0 Å². The maximum absolute atomic E-state index is 10.7. The molecule has 0 heterocycles. The molecule has 1 rings (SSSR count). The van der Waals surface area contributed by atoms with Crippen LogP contribution in [0, 0.1) is 0 Å². The van der Waals surface area contributed by atoms with Crippen molar-refractivity contribution < 1.29 is 9.90 Å². The molecule has 0 aliphatic heterocycles. The Balaban J connectivity index is 3.29. The molecule has 0 unspecified atom stereocenters. The zero-order valence-corrected chi connectivity index (χ0v) is 8.39. The Hall–Kier alpha value is -0.540. The van der Waals surface area contributed by atoms with E-state index in [0.717, 1.165) is 0 Å². The number of halogens is 2. The Bertz CT molecular complexity index is 312. The predicted octanol–water partition coefficient (Wildman–Crippen LogP) is 2.89. The lowest BCUT2D eigenvalue weighted by Crippen LogP contribution is -2.01. The lowest BCUT2D eigenvalue weighted by Gasteiger charge is -2.03. The fourth-order valence-electron chi connectivity index (χ4n) is 0.920. The second kappa shape index (κ2) is 3.92. The maximum Gasteiger partial charge on any atom is 0.337 e. The minimum Gasteiger partial charge on any atom is -0.478 e. The molecule has 0 radical (unpaired) electrons. The van der Waals surface area contributed by atoms with Gasteiger partial charge in [0.05, 0.1) is 5.56 Å². The number of alkyl halides is 1. The van der Waals surface area contributed by atoms with Crippen LogP contribution in [0.15, 0.2) is 22.7 Å². The summed E-state index contributed by atoms with van der Waals surface area (Å²) in [6.45, 7) is 0. The third-order valence-electron chi connectivity index (χ3n) is 1.46. The van der Waals surface area contributed by atoms with Crippen LogP contribution in [-0.2, 0) is 5.88 Å². The lowest BCUT2D eigenvalue weighted by molar-refractivity contribution is 0.0695. The second-order valence-electron chi connectivity index (χ2n) is 2.21.